The predicted octanol–water partition coefficient (Wildman–Crippen LogP) is 1.68. The van der Waals surface area contributed by atoms with Crippen LogP contribution in [0.15, 0.2) is 54.6 Å². The Bertz CT molecular complexity index is 839. The Morgan fingerprint density at radius 3 is 1.89 bits per heavy atom. The molecule has 0 aliphatic carbocycles. The summed E-state index contributed by atoms with van der Waals surface area (Å²) in [5, 5.41) is 3.08. The van der Waals surface area contributed by atoms with E-state index in [0.717, 1.165) is 61.1 Å². The summed E-state index contributed by atoms with van der Waals surface area (Å²) < 4.78 is 18.5. The number of nitrogens with zero attached hydrogens (tertiary/aromatic N) is 1. The van der Waals surface area contributed by atoms with Gasteiger partial charge < -0.3 is 24.3 Å². The minimum Gasteiger partial charge on any atom is -0.466 e. The van der Waals surface area contributed by atoms with Crippen LogP contribution in [0.5, 0.6) is 0 Å². The summed E-state index contributed by atoms with van der Waals surface area (Å²) in [7, 11) is 2.49. The number of methoxy groups -OCH3 is 2. The first-order valence-electron chi connectivity index (χ1n) is 10.9. The lowest BCUT2D eigenvalue weighted by Crippen LogP contribution is -2.35. The summed E-state index contributed by atoms with van der Waals surface area (Å²) in [5.74, 6) is 0.0354. The number of esters is 4. The molecule has 1 aliphatic rings. The smallest absolute Gasteiger partial charge is 0.331 e. The Hall–Kier alpha value is -3.31. The van der Waals surface area contributed by atoms with Gasteiger partial charge in [-0.3, -0.25) is 4.90 Å². The van der Waals surface area contributed by atoms with Crippen LogP contribution < -0.4 is 5.32 Å². The Labute approximate surface area is 209 Å². The largest absolute Gasteiger partial charge is 0.466 e. The number of para-hydroxylation sites is 1. The lowest BCUT2D eigenvalue weighted by Gasteiger charge is -2.25. The van der Waals surface area contributed by atoms with Crippen LogP contribution >= 0.6 is 11.8 Å². The third-order valence-corrected chi connectivity index (χ3v) is 5.26. The van der Waals surface area contributed by atoms with Gasteiger partial charge in [0.05, 0.1) is 14.2 Å². The van der Waals surface area contributed by atoms with Crippen molar-refractivity contribution in [3.63, 3.8) is 0 Å². The molecule has 1 N–H and O–H groups in total. The molecule has 0 aromatic heterocycles. The van der Waals surface area contributed by atoms with E-state index >= 15 is 0 Å². The molecule has 1 fully saturated rings. The molecule has 10 nitrogen and oxygen atoms in total. The molecular weight excluding hydrogens is 476 g/mol. The quantitative estimate of drug-likeness (QED) is 0.203. The van der Waals surface area contributed by atoms with E-state index in [9.17, 15) is 19.2 Å². The third-order valence-electron chi connectivity index (χ3n) is 4.32. The molecule has 0 bridgehead atoms. The number of carbonyl (C=O) groups excluding carboxylic acids is 4. The summed E-state index contributed by atoms with van der Waals surface area (Å²) in [6, 6.07) is 9.57. The molecule has 11 heteroatoms. The lowest BCUT2D eigenvalue weighted by atomic mass is 10.3. The summed E-state index contributed by atoms with van der Waals surface area (Å²) in [6.45, 7) is 3.91. The van der Waals surface area contributed by atoms with Crippen molar-refractivity contribution >= 4 is 41.3 Å². The van der Waals surface area contributed by atoms with Crippen molar-refractivity contribution < 1.29 is 38.1 Å². The minimum atomic E-state index is -0.589. The van der Waals surface area contributed by atoms with Crippen LogP contribution in [0.25, 0.3) is 0 Å². The molecule has 0 amide bonds. The van der Waals surface area contributed by atoms with Crippen molar-refractivity contribution in [3.05, 3.63) is 54.6 Å². The highest BCUT2D eigenvalue weighted by Gasteiger charge is 2.10. The molecule has 1 aromatic carbocycles. The maximum atomic E-state index is 11.2. The van der Waals surface area contributed by atoms with Crippen LogP contribution in [0.1, 0.15) is 0 Å². The molecule has 2 rings (SSSR count). The van der Waals surface area contributed by atoms with Gasteiger partial charge in [0.1, 0.15) is 13.2 Å². The van der Waals surface area contributed by atoms with Crippen molar-refractivity contribution in [1.29, 1.82) is 0 Å². The summed E-state index contributed by atoms with van der Waals surface area (Å²) in [5.41, 5.74) is 0.957. The fourth-order valence-corrected chi connectivity index (χ4v) is 3.49. The highest BCUT2D eigenvalue weighted by molar-refractivity contribution is 7.99. The van der Waals surface area contributed by atoms with Gasteiger partial charge in [0.15, 0.2) is 0 Å². The average Bonchev–Trinajstić information content (AvgIpc) is 2.90. The van der Waals surface area contributed by atoms with E-state index in [-0.39, 0.29) is 6.61 Å². The van der Waals surface area contributed by atoms with Crippen LogP contribution in [-0.4, -0.2) is 93.9 Å². The number of anilines is 1. The zero-order valence-corrected chi connectivity index (χ0v) is 20.8. The number of rotatable bonds is 11. The second-order valence-corrected chi connectivity index (χ2v) is 8.02. The Morgan fingerprint density at radius 2 is 1.34 bits per heavy atom. The van der Waals surface area contributed by atoms with Crippen LogP contribution in [0.3, 0.4) is 0 Å². The molecule has 1 aliphatic heterocycles. The van der Waals surface area contributed by atoms with Gasteiger partial charge in [-0.1, -0.05) is 18.2 Å². The normalized spacial score (nSPS) is 13.4. The van der Waals surface area contributed by atoms with Crippen LogP contribution in [0.4, 0.5) is 5.69 Å². The summed E-state index contributed by atoms with van der Waals surface area (Å²) >= 11 is 1.94. The second-order valence-electron chi connectivity index (χ2n) is 6.79. The van der Waals surface area contributed by atoms with Gasteiger partial charge in [0, 0.05) is 67.7 Å². The number of ether oxygens (including phenoxy) is 4. The van der Waals surface area contributed by atoms with Gasteiger partial charge in [-0.05, 0) is 12.1 Å². The van der Waals surface area contributed by atoms with Crippen molar-refractivity contribution in [2.24, 2.45) is 0 Å². The van der Waals surface area contributed by atoms with Gasteiger partial charge in [-0.2, -0.15) is 11.8 Å². The first-order chi connectivity index (χ1) is 16.9. The third kappa shape index (κ3) is 16.0. The maximum absolute atomic E-state index is 11.2. The predicted molar refractivity (Wildman–Crippen MR) is 133 cm³/mol. The zero-order valence-electron chi connectivity index (χ0n) is 20.0. The Balaban J connectivity index is 0.000000351. The van der Waals surface area contributed by atoms with Gasteiger partial charge in [-0.25, -0.2) is 19.2 Å². The van der Waals surface area contributed by atoms with Crippen molar-refractivity contribution in [2.75, 3.05) is 70.4 Å². The number of carbonyl (C=O) groups is 4. The number of benzene rings is 1. The topological polar surface area (TPSA) is 120 Å². The molecule has 0 saturated carbocycles. The molecule has 0 radical (unpaired) electrons. The van der Waals surface area contributed by atoms with E-state index < -0.39 is 23.9 Å². The monoisotopic (exact) mass is 508 g/mol. The number of hydrogen-bond donors (Lipinski definition) is 1. The van der Waals surface area contributed by atoms with E-state index in [2.05, 4.69) is 19.7 Å². The van der Waals surface area contributed by atoms with Crippen LogP contribution in [0.2, 0.25) is 0 Å². The molecule has 0 unspecified atom stereocenters. The standard InChI is InChI=1S/C13H15NO4.C11H17NO4S/c1-17-12(15)7-8-13(16)18-10-9-14-11-5-3-2-4-6-11;1-15-10(13)2-3-11(14)16-7-4-12-5-8-17-9-6-12/h2-8,14H,9-10H2,1H3;2-3H,4-9H2,1H3/b8-7+;3-2+. The van der Waals surface area contributed by atoms with Crippen LogP contribution in [0, 0.1) is 0 Å². The lowest BCUT2D eigenvalue weighted by molar-refractivity contribution is -0.139. The molecule has 0 spiro atoms. The molecule has 0 atom stereocenters. The van der Waals surface area contributed by atoms with Gasteiger partial charge >= 0.3 is 23.9 Å². The van der Waals surface area contributed by atoms with Crippen LogP contribution in [-0.2, 0) is 38.1 Å². The molecular formula is C24H32N2O8S. The van der Waals surface area contributed by atoms with E-state index in [4.69, 9.17) is 9.47 Å². The summed E-state index contributed by atoms with van der Waals surface area (Å²) in [4.78, 5) is 46.0. The SMILES string of the molecule is COC(=O)/C=C/C(=O)OCCN1CCSCC1.COC(=O)/C=C/C(=O)OCCNc1ccccc1. The first-order valence-corrected chi connectivity index (χ1v) is 12.0. The Morgan fingerprint density at radius 1 is 0.829 bits per heavy atom. The molecule has 1 heterocycles. The number of thioether (sulfide) groups is 1. The van der Waals surface area contributed by atoms with E-state index in [1.165, 1.54) is 14.2 Å². The van der Waals surface area contributed by atoms with Crippen molar-refractivity contribution in [2.45, 2.75) is 0 Å². The molecule has 192 valence electrons. The fraction of sp³-hybridized carbons (Fsp3) is 0.417. The fourth-order valence-electron chi connectivity index (χ4n) is 2.51. The van der Waals surface area contributed by atoms with E-state index in [0.29, 0.717) is 13.2 Å². The second kappa shape index (κ2) is 19.0. The van der Waals surface area contributed by atoms with Crippen molar-refractivity contribution in [3.8, 4) is 0 Å². The average molecular weight is 509 g/mol. The number of hydrogen-bond acceptors (Lipinski definition) is 11. The van der Waals surface area contributed by atoms with E-state index in [1.54, 1.807) is 0 Å². The van der Waals surface area contributed by atoms with Gasteiger partial charge in [0.2, 0.25) is 0 Å². The number of nitrogens with one attached hydrogen (secondary N) is 1. The van der Waals surface area contributed by atoms with E-state index in [1.807, 2.05) is 42.1 Å². The maximum Gasteiger partial charge on any atom is 0.331 e. The summed E-state index contributed by atoms with van der Waals surface area (Å²) in [6.07, 6.45) is 4.19. The molecule has 1 saturated heterocycles. The minimum absolute atomic E-state index is 0.221. The molecule has 35 heavy (non-hydrogen) atoms. The molecule has 1 aromatic rings. The highest BCUT2D eigenvalue weighted by Crippen LogP contribution is 2.08. The highest BCUT2D eigenvalue weighted by atomic mass is 32.2. The van der Waals surface area contributed by atoms with Gasteiger partial charge in [-0.15, -0.1) is 0 Å². The van der Waals surface area contributed by atoms with Crippen molar-refractivity contribution in [1.82, 2.24) is 4.90 Å². The zero-order chi connectivity index (χ0) is 25.7. The Kier molecular flexibility index (Phi) is 16.2. The first kappa shape index (κ1) is 29.7. The van der Waals surface area contributed by atoms with Gasteiger partial charge in [0.25, 0.3) is 0 Å².